The van der Waals surface area contributed by atoms with Gasteiger partial charge in [0.15, 0.2) is 0 Å². The van der Waals surface area contributed by atoms with Crippen molar-refractivity contribution in [1.29, 1.82) is 0 Å². The highest BCUT2D eigenvalue weighted by Gasteiger charge is 2.45. The zero-order chi connectivity index (χ0) is 11.8. The van der Waals surface area contributed by atoms with Crippen LogP contribution in [0.25, 0.3) is 0 Å². The van der Waals surface area contributed by atoms with E-state index in [0.29, 0.717) is 0 Å². The molecular weight excluding hydrogens is 272 g/mol. The average molecular weight is 295 g/mol. The predicted octanol–water partition coefficient (Wildman–Crippen LogP) is 5.45. The second kappa shape index (κ2) is 4.91. The van der Waals surface area contributed by atoms with Crippen LogP contribution in [0, 0.1) is 23.7 Å². The molecule has 4 fully saturated rings. The zero-order valence-corrected chi connectivity index (χ0v) is 12.2. The fourth-order valence-electron chi connectivity index (χ4n) is 4.68. The van der Waals surface area contributed by atoms with Crippen LogP contribution in [-0.4, -0.2) is 0 Å². The highest BCUT2D eigenvalue weighted by molar-refractivity contribution is 9.11. The molecule has 0 aliphatic heterocycles. The van der Waals surface area contributed by atoms with Gasteiger partial charge in [0, 0.05) is 0 Å². The minimum Gasteiger partial charge on any atom is -0.103 e. The molecule has 94 valence electrons. The average Bonchev–Trinajstić information content (AvgIpc) is 2.27. The van der Waals surface area contributed by atoms with E-state index in [9.17, 15) is 0 Å². The van der Waals surface area contributed by atoms with Crippen LogP contribution < -0.4 is 0 Å². The summed E-state index contributed by atoms with van der Waals surface area (Å²) >= 11 is 3.91. The van der Waals surface area contributed by atoms with Gasteiger partial charge in [-0.25, -0.2) is 0 Å². The lowest BCUT2D eigenvalue weighted by Gasteiger charge is -2.52. The van der Waals surface area contributed by atoms with Crippen LogP contribution in [0.3, 0.4) is 0 Å². The standard InChI is InChI=1S/C16H23Br/c1-2-3-4-5-15(17)16-13-7-11-6-12(9-13)10-14(16)8-11/h2,11-14H,1,3-10H2. The maximum Gasteiger partial charge on any atom is -0.00516 e. The summed E-state index contributed by atoms with van der Waals surface area (Å²) in [6.45, 7) is 3.81. The Kier molecular flexibility index (Phi) is 3.47. The Hall–Kier alpha value is -0.0400. The van der Waals surface area contributed by atoms with Gasteiger partial charge in [-0.1, -0.05) is 27.6 Å². The van der Waals surface area contributed by atoms with Crippen molar-refractivity contribution in [2.75, 3.05) is 0 Å². The van der Waals surface area contributed by atoms with Crippen molar-refractivity contribution in [3.05, 3.63) is 22.7 Å². The zero-order valence-electron chi connectivity index (χ0n) is 10.6. The number of hydrogen-bond donors (Lipinski definition) is 0. The van der Waals surface area contributed by atoms with Crippen LogP contribution in [0.2, 0.25) is 0 Å². The molecule has 0 radical (unpaired) electrons. The summed E-state index contributed by atoms with van der Waals surface area (Å²) in [4.78, 5) is 0. The first kappa shape index (κ1) is 12.0. The summed E-state index contributed by atoms with van der Waals surface area (Å²) in [5, 5.41) is 0. The molecular formula is C16H23Br. The molecule has 0 atom stereocenters. The number of hydrogen-bond acceptors (Lipinski definition) is 0. The maximum atomic E-state index is 3.91. The normalized spacial score (nSPS) is 38.5. The van der Waals surface area contributed by atoms with Gasteiger partial charge in [-0.05, 0) is 79.5 Å². The third kappa shape index (κ3) is 2.28. The molecule has 0 unspecified atom stereocenters. The summed E-state index contributed by atoms with van der Waals surface area (Å²) < 4.78 is 1.56. The van der Waals surface area contributed by atoms with E-state index in [1.165, 1.54) is 38.5 Å². The second-order valence-electron chi connectivity index (χ2n) is 6.35. The minimum absolute atomic E-state index is 0.948. The first-order valence-electron chi connectivity index (χ1n) is 7.27. The SMILES string of the molecule is C=CCCCC(Br)=C1C2CC3CC(C2)CC1C3. The Balaban J connectivity index is 1.74. The summed E-state index contributed by atoms with van der Waals surface area (Å²) in [5.41, 5.74) is 1.83. The van der Waals surface area contributed by atoms with E-state index in [1.54, 1.807) is 10.9 Å². The minimum atomic E-state index is 0.948. The molecule has 0 heterocycles. The molecule has 1 heteroatoms. The lowest BCUT2D eigenvalue weighted by Crippen LogP contribution is -2.40. The Morgan fingerprint density at radius 2 is 1.71 bits per heavy atom. The summed E-state index contributed by atoms with van der Waals surface area (Å²) in [6, 6.07) is 0. The van der Waals surface area contributed by atoms with E-state index in [0.717, 1.165) is 30.1 Å². The molecule has 4 rings (SSSR count). The lowest BCUT2D eigenvalue weighted by molar-refractivity contribution is 0.0689. The third-order valence-electron chi connectivity index (χ3n) is 5.14. The van der Waals surface area contributed by atoms with E-state index >= 15 is 0 Å². The van der Waals surface area contributed by atoms with Gasteiger partial charge < -0.3 is 0 Å². The van der Waals surface area contributed by atoms with Crippen molar-refractivity contribution >= 4 is 15.9 Å². The van der Waals surface area contributed by atoms with E-state index in [-0.39, 0.29) is 0 Å². The van der Waals surface area contributed by atoms with Crippen LogP contribution in [0.4, 0.5) is 0 Å². The monoisotopic (exact) mass is 294 g/mol. The van der Waals surface area contributed by atoms with Gasteiger partial charge in [0.25, 0.3) is 0 Å². The van der Waals surface area contributed by atoms with Crippen LogP contribution in [-0.2, 0) is 0 Å². The van der Waals surface area contributed by atoms with E-state index in [4.69, 9.17) is 0 Å². The van der Waals surface area contributed by atoms with Gasteiger partial charge >= 0.3 is 0 Å². The topological polar surface area (TPSA) is 0 Å². The molecule has 4 aliphatic carbocycles. The summed E-state index contributed by atoms with van der Waals surface area (Å²) in [5.74, 6) is 4.05. The number of rotatable bonds is 4. The molecule has 17 heavy (non-hydrogen) atoms. The van der Waals surface area contributed by atoms with Crippen LogP contribution in [0.5, 0.6) is 0 Å². The first-order chi connectivity index (χ1) is 8.28. The molecule has 4 bridgehead atoms. The fraction of sp³-hybridized carbons (Fsp3) is 0.750. The quantitative estimate of drug-likeness (QED) is 0.478. The molecule has 0 N–H and O–H groups in total. The first-order valence-corrected chi connectivity index (χ1v) is 8.06. The van der Waals surface area contributed by atoms with E-state index in [2.05, 4.69) is 22.5 Å². The highest BCUT2D eigenvalue weighted by Crippen LogP contribution is 2.57. The van der Waals surface area contributed by atoms with Crippen molar-refractivity contribution in [1.82, 2.24) is 0 Å². The van der Waals surface area contributed by atoms with Gasteiger partial charge in [-0.15, -0.1) is 6.58 Å². The summed E-state index contributed by atoms with van der Waals surface area (Å²) in [7, 11) is 0. The Morgan fingerprint density at radius 3 is 2.24 bits per heavy atom. The Labute approximate surface area is 114 Å². The Bertz CT molecular complexity index is 309. The lowest BCUT2D eigenvalue weighted by atomic mass is 9.54. The van der Waals surface area contributed by atoms with Gasteiger partial charge in [0.05, 0.1) is 0 Å². The van der Waals surface area contributed by atoms with Crippen LogP contribution in [0.1, 0.15) is 51.4 Å². The Morgan fingerprint density at radius 1 is 1.12 bits per heavy atom. The van der Waals surface area contributed by atoms with Crippen molar-refractivity contribution in [2.24, 2.45) is 23.7 Å². The van der Waals surface area contributed by atoms with Crippen LogP contribution >= 0.6 is 15.9 Å². The van der Waals surface area contributed by atoms with Crippen LogP contribution in [0.15, 0.2) is 22.7 Å². The molecule has 0 aromatic heterocycles. The van der Waals surface area contributed by atoms with Crippen molar-refractivity contribution in [2.45, 2.75) is 51.4 Å². The maximum absolute atomic E-state index is 3.91. The largest absolute Gasteiger partial charge is 0.103 e. The molecule has 4 aliphatic rings. The smallest absolute Gasteiger partial charge is 0.00516 e. The fourth-order valence-corrected chi connectivity index (χ4v) is 5.61. The molecule has 0 aromatic rings. The molecule has 0 spiro atoms. The summed E-state index contributed by atoms with van der Waals surface area (Å²) in [6.07, 6.45) is 13.2. The molecule has 0 amide bonds. The molecule has 0 saturated heterocycles. The van der Waals surface area contributed by atoms with E-state index in [1.807, 2.05) is 11.6 Å². The molecule has 0 nitrogen and oxygen atoms in total. The van der Waals surface area contributed by atoms with Crippen molar-refractivity contribution in [3.63, 3.8) is 0 Å². The molecule has 4 saturated carbocycles. The van der Waals surface area contributed by atoms with Gasteiger partial charge in [-0.2, -0.15) is 0 Å². The predicted molar refractivity (Wildman–Crippen MR) is 77.0 cm³/mol. The van der Waals surface area contributed by atoms with Gasteiger partial charge in [-0.3, -0.25) is 0 Å². The number of unbranched alkanes of at least 4 members (excludes halogenated alkanes) is 1. The second-order valence-corrected chi connectivity index (χ2v) is 7.30. The third-order valence-corrected chi connectivity index (χ3v) is 5.99. The van der Waals surface area contributed by atoms with E-state index < -0.39 is 0 Å². The van der Waals surface area contributed by atoms with Crippen molar-refractivity contribution in [3.8, 4) is 0 Å². The van der Waals surface area contributed by atoms with Gasteiger partial charge in [0.1, 0.15) is 0 Å². The van der Waals surface area contributed by atoms with Gasteiger partial charge in [0.2, 0.25) is 0 Å². The number of allylic oxidation sites excluding steroid dienone is 3. The highest BCUT2D eigenvalue weighted by atomic mass is 79.9. The number of halogens is 1. The molecule has 0 aromatic carbocycles. The van der Waals surface area contributed by atoms with Crippen molar-refractivity contribution < 1.29 is 0 Å².